The Kier molecular flexibility index (Phi) is 5.45. The summed E-state index contributed by atoms with van der Waals surface area (Å²) in [6.07, 6.45) is 1.38. The third kappa shape index (κ3) is 5.07. The molecule has 0 saturated carbocycles. The molecule has 0 aliphatic carbocycles. The number of anilines is 2. The van der Waals surface area contributed by atoms with E-state index in [-0.39, 0.29) is 12.2 Å². The maximum atomic E-state index is 13.5. The quantitative estimate of drug-likeness (QED) is 0.794. The maximum Gasteiger partial charge on any atom is 0.303 e. The molecule has 25 heavy (non-hydrogen) atoms. The van der Waals surface area contributed by atoms with Gasteiger partial charge in [-0.1, -0.05) is 0 Å². The predicted molar refractivity (Wildman–Crippen MR) is 87.9 cm³/mol. The van der Waals surface area contributed by atoms with E-state index in [0.717, 1.165) is 6.92 Å². The van der Waals surface area contributed by atoms with E-state index < -0.39 is 17.7 Å². The number of nitrogens with two attached hydrogens (primary N) is 1. The van der Waals surface area contributed by atoms with Gasteiger partial charge in [-0.3, -0.25) is 9.78 Å². The molecule has 0 atom stereocenters. The zero-order valence-electron chi connectivity index (χ0n) is 14.1. The number of alkyl halides is 2. The number of rotatable bonds is 7. The molecule has 2 aromatic heterocycles. The van der Waals surface area contributed by atoms with E-state index >= 15 is 0 Å². The number of aromatic nitrogens is 3. The molecular weight excluding hydrogens is 332 g/mol. The Morgan fingerprint density at radius 1 is 1.36 bits per heavy atom. The van der Waals surface area contributed by atoms with Crippen molar-refractivity contribution < 1.29 is 18.3 Å². The molecule has 0 radical (unpaired) electrons. The number of hydrogen-bond donors (Lipinski definition) is 2. The molecule has 2 aromatic rings. The number of amides is 1. The lowest BCUT2D eigenvalue weighted by Gasteiger charge is -2.15. The van der Waals surface area contributed by atoms with Crippen molar-refractivity contribution in [3.8, 4) is 5.75 Å². The lowest BCUT2D eigenvalue weighted by Crippen LogP contribution is -2.15. The molecule has 2 heterocycles. The molecule has 7 nitrogen and oxygen atoms in total. The van der Waals surface area contributed by atoms with Gasteiger partial charge in [0.05, 0.1) is 30.6 Å². The standard InChI is InChI=1S/C16H19F2N5O2/c1-4-25-12-8-20-10(7-13(19)24)6-11(12)22-14-5-9(2)21-15(23-14)16(3,17)18/h5-6,8H,4,7H2,1-3H3,(H2,19,24)(H,20,21,22,23). The number of aryl methyl sites for hydroxylation is 1. The van der Waals surface area contributed by atoms with Gasteiger partial charge in [0.2, 0.25) is 11.7 Å². The number of nitrogens with zero attached hydrogens (tertiary/aromatic N) is 3. The van der Waals surface area contributed by atoms with E-state index in [1.54, 1.807) is 19.9 Å². The van der Waals surface area contributed by atoms with Crippen LogP contribution >= 0.6 is 0 Å². The van der Waals surface area contributed by atoms with Crippen LogP contribution in [-0.2, 0) is 17.1 Å². The van der Waals surface area contributed by atoms with Gasteiger partial charge >= 0.3 is 5.92 Å². The SMILES string of the molecule is CCOc1cnc(CC(N)=O)cc1Nc1cc(C)nc(C(C)(F)F)n1. The first kappa shape index (κ1) is 18.5. The zero-order chi connectivity index (χ0) is 18.6. The first-order chi connectivity index (χ1) is 11.7. The van der Waals surface area contributed by atoms with Gasteiger partial charge in [-0.05, 0) is 19.9 Å². The predicted octanol–water partition coefficient (Wildman–Crippen LogP) is 2.46. The lowest BCUT2D eigenvalue weighted by molar-refractivity contribution is -0.117. The summed E-state index contributed by atoms with van der Waals surface area (Å²) >= 11 is 0. The van der Waals surface area contributed by atoms with E-state index in [2.05, 4.69) is 20.3 Å². The van der Waals surface area contributed by atoms with Gasteiger partial charge in [-0.25, -0.2) is 9.97 Å². The summed E-state index contributed by atoms with van der Waals surface area (Å²) in [4.78, 5) is 22.8. The molecule has 0 spiro atoms. The van der Waals surface area contributed by atoms with Crippen LogP contribution < -0.4 is 15.8 Å². The van der Waals surface area contributed by atoms with Crippen molar-refractivity contribution in [2.45, 2.75) is 33.1 Å². The van der Waals surface area contributed by atoms with E-state index in [9.17, 15) is 13.6 Å². The monoisotopic (exact) mass is 351 g/mol. The van der Waals surface area contributed by atoms with E-state index in [0.29, 0.717) is 29.4 Å². The summed E-state index contributed by atoms with van der Waals surface area (Å²) in [5.41, 5.74) is 6.43. The molecular formula is C16H19F2N5O2. The van der Waals surface area contributed by atoms with Crippen LogP contribution in [0.15, 0.2) is 18.3 Å². The zero-order valence-corrected chi connectivity index (χ0v) is 14.1. The third-order valence-electron chi connectivity index (χ3n) is 3.09. The van der Waals surface area contributed by atoms with Crippen molar-refractivity contribution in [1.82, 2.24) is 15.0 Å². The van der Waals surface area contributed by atoms with Crippen molar-refractivity contribution in [2.75, 3.05) is 11.9 Å². The molecule has 0 saturated heterocycles. The minimum Gasteiger partial charge on any atom is -0.490 e. The average molecular weight is 351 g/mol. The average Bonchev–Trinajstić information content (AvgIpc) is 2.48. The number of hydrogen-bond acceptors (Lipinski definition) is 6. The molecule has 0 aliphatic heterocycles. The van der Waals surface area contributed by atoms with Gasteiger partial charge in [0.15, 0.2) is 5.75 Å². The van der Waals surface area contributed by atoms with Crippen LogP contribution in [0.4, 0.5) is 20.3 Å². The van der Waals surface area contributed by atoms with Crippen molar-refractivity contribution in [1.29, 1.82) is 0 Å². The van der Waals surface area contributed by atoms with Crippen molar-refractivity contribution in [2.24, 2.45) is 5.73 Å². The van der Waals surface area contributed by atoms with Gasteiger partial charge < -0.3 is 15.8 Å². The maximum absolute atomic E-state index is 13.5. The third-order valence-corrected chi connectivity index (χ3v) is 3.09. The van der Waals surface area contributed by atoms with Gasteiger partial charge in [-0.15, -0.1) is 0 Å². The molecule has 134 valence electrons. The molecule has 9 heteroatoms. The van der Waals surface area contributed by atoms with Crippen LogP contribution in [0.1, 0.15) is 31.1 Å². The Morgan fingerprint density at radius 3 is 2.68 bits per heavy atom. The fourth-order valence-electron chi connectivity index (χ4n) is 2.10. The molecule has 0 bridgehead atoms. The Labute approximate surface area is 143 Å². The van der Waals surface area contributed by atoms with E-state index in [1.165, 1.54) is 12.3 Å². The summed E-state index contributed by atoms with van der Waals surface area (Å²) < 4.78 is 32.5. The normalized spacial score (nSPS) is 11.2. The highest BCUT2D eigenvalue weighted by molar-refractivity contribution is 5.77. The van der Waals surface area contributed by atoms with E-state index in [4.69, 9.17) is 10.5 Å². The first-order valence-corrected chi connectivity index (χ1v) is 7.60. The second-order valence-electron chi connectivity index (χ2n) is 5.48. The van der Waals surface area contributed by atoms with Gasteiger partial charge in [-0.2, -0.15) is 8.78 Å². The van der Waals surface area contributed by atoms with Crippen LogP contribution in [0, 0.1) is 6.92 Å². The number of carbonyl (C=O) groups is 1. The van der Waals surface area contributed by atoms with E-state index in [1.807, 2.05) is 0 Å². The number of carbonyl (C=O) groups excluding carboxylic acids is 1. The minimum absolute atomic E-state index is 0.0534. The highest BCUT2D eigenvalue weighted by atomic mass is 19.3. The Morgan fingerprint density at radius 2 is 2.08 bits per heavy atom. The summed E-state index contributed by atoms with van der Waals surface area (Å²) in [6.45, 7) is 4.50. The van der Waals surface area contributed by atoms with Crippen molar-refractivity contribution in [3.63, 3.8) is 0 Å². The number of nitrogens with one attached hydrogen (secondary N) is 1. The smallest absolute Gasteiger partial charge is 0.303 e. The molecule has 0 unspecified atom stereocenters. The summed E-state index contributed by atoms with van der Waals surface area (Å²) in [7, 11) is 0. The second kappa shape index (κ2) is 7.37. The number of pyridine rings is 1. The molecule has 2 rings (SSSR count). The summed E-state index contributed by atoms with van der Waals surface area (Å²) in [6, 6.07) is 3.09. The number of ether oxygens (including phenoxy) is 1. The first-order valence-electron chi connectivity index (χ1n) is 7.60. The van der Waals surface area contributed by atoms with Crippen molar-refractivity contribution >= 4 is 17.4 Å². The number of primary amides is 1. The van der Waals surface area contributed by atoms with Crippen LogP contribution in [0.2, 0.25) is 0 Å². The molecule has 1 amide bonds. The van der Waals surface area contributed by atoms with Gasteiger partial charge in [0.1, 0.15) is 5.82 Å². The van der Waals surface area contributed by atoms with Crippen LogP contribution in [-0.4, -0.2) is 27.5 Å². The minimum atomic E-state index is -3.17. The van der Waals surface area contributed by atoms with Crippen LogP contribution in [0.3, 0.4) is 0 Å². The fraction of sp³-hybridized carbons (Fsp3) is 0.375. The van der Waals surface area contributed by atoms with Gasteiger partial charge in [0.25, 0.3) is 0 Å². The Balaban J connectivity index is 2.40. The summed E-state index contributed by atoms with van der Waals surface area (Å²) in [5.74, 6) is -3.70. The number of halogens is 2. The lowest BCUT2D eigenvalue weighted by atomic mass is 10.2. The molecule has 3 N–H and O–H groups in total. The molecule has 0 aromatic carbocycles. The van der Waals surface area contributed by atoms with Crippen LogP contribution in [0.5, 0.6) is 5.75 Å². The fourth-order valence-corrected chi connectivity index (χ4v) is 2.10. The highest BCUT2D eigenvalue weighted by Crippen LogP contribution is 2.29. The van der Waals surface area contributed by atoms with Crippen molar-refractivity contribution in [3.05, 3.63) is 35.5 Å². The Hall–Kier alpha value is -2.84. The molecule has 0 fully saturated rings. The Bertz CT molecular complexity index is 778. The summed E-state index contributed by atoms with van der Waals surface area (Å²) in [5, 5.41) is 2.92. The topological polar surface area (TPSA) is 103 Å². The van der Waals surface area contributed by atoms with Gasteiger partial charge in [0, 0.05) is 18.7 Å². The highest BCUT2D eigenvalue weighted by Gasteiger charge is 2.29. The molecule has 0 aliphatic rings. The largest absolute Gasteiger partial charge is 0.490 e. The second-order valence-corrected chi connectivity index (χ2v) is 5.48. The van der Waals surface area contributed by atoms with Crippen LogP contribution in [0.25, 0.3) is 0 Å².